The van der Waals surface area contributed by atoms with E-state index in [4.69, 9.17) is 5.11 Å². The Hall–Kier alpha value is -1.82. The lowest BCUT2D eigenvalue weighted by Crippen LogP contribution is -2.35. The van der Waals surface area contributed by atoms with Gasteiger partial charge in [0.1, 0.15) is 0 Å². The summed E-state index contributed by atoms with van der Waals surface area (Å²) in [6.07, 6.45) is 0.951. The molecule has 0 atom stereocenters. The van der Waals surface area contributed by atoms with Crippen LogP contribution in [0, 0.1) is 13.8 Å². The highest BCUT2D eigenvalue weighted by Crippen LogP contribution is 2.35. The van der Waals surface area contributed by atoms with E-state index in [9.17, 15) is 4.79 Å². The Bertz CT molecular complexity index is 728. The zero-order valence-corrected chi connectivity index (χ0v) is 16.6. The number of hydrogen-bond acceptors (Lipinski definition) is 4. The first-order chi connectivity index (χ1) is 12.5. The minimum Gasteiger partial charge on any atom is -0.395 e. The Labute approximate surface area is 160 Å². The molecule has 0 spiro atoms. The molecule has 26 heavy (non-hydrogen) atoms. The van der Waals surface area contributed by atoms with Gasteiger partial charge in [0.2, 0.25) is 5.91 Å². The van der Waals surface area contributed by atoms with Gasteiger partial charge in [-0.1, -0.05) is 48.5 Å². The highest BCUT2D eigenvalue weighted by Gasteiger charge is 2.12. The van der Waals surface area contributed by atoms with Crippen molar-refractivity contribution < 1.29 is 9.90 Å². The molecule has 0 aliphatic heterocycles. The molecule has 0 radical (unpaired) electrons. The molecule has 2 aromatic rings. The predicted molar refractivity (Wildman–Crippen MR) is 109 cm³/mol. The van der Waals surface area contributed by atoms with Crippen molar-refractivity contribution in [3.8, 4) is 0 Å². The van der Waals surface area contributed by atoms with E-state index in [1.807, 2.05) is 29.2 Å². The summed E-state index contributed by atoms with van der Waals surface area (Å²) in [4.78, 5) is 16.6. The SMILES string of the molecule is CCCN(CCO)CC(=O)Nc1ccccc1Sc1ccc(C)cc1C. The molecule has 0 aliphatic rings. The van der Waals surface area contributed by atoms with Crippen LogP contribution in [0.3, 0.4) is 0 Å². The molecular formula is C21H28N2O2S. The maximum Gasteiger partial charge on any atom is 0.238 e. The number of benzene rings is 2. The molecule has 0 aliphatic carbocycles. The zero-order valence-electron chi connectivity index (χ0n) is 15.8. The van der Waals surface area contributed by atoms with E-state index < -0.39 is 0 Å². The fourth-order valence-corrected chi connectivity index (χ4v) is 3.78. The number of aryl methyl sites for hydroxylation is 2. The number of nitrogens with one attached hydrogen (secondary N) is 1. The molecule has 0 bridgehead atoms. The lowest BCUT2D eigenvalue weighted by Gasteiger charge is -2.20. The second-order valence-electron chi connectivity index (χ2n) is 6.42. The van der Waals surface area contributed by atoms with Gasteiger partial charge in [0, 0.05) is 16.3 Å². The lowest BCUT2D eigenvalue weighted by atomic mass is 10.2. The van der Waals surface area contributed by atoms with Gasteiger partial charge >= 0.3 is 0 Å². The topological polar surface area (TPSA) is 52.6 Å². The van der Waals surface area contributed by atoms with Gasteiger partial charge in [0.05, 0.1) is 18.8 Å². The summed E-state index contributed by atoms with van der Waals surface area (Å²) >= 11 is 1.66. The minimum absolute atomic E-state index is 0.0550. The summed E-state index contributed by atoms with van der Waals surface area (Å²) in [5.41, 5.74) is 3.30. The molecule has 0 saturated heterocycles. The number of aliphatic hydroxyl groups excluding tert-OH is 1. The van der Waals surface area contributed by atoms with E-state index in [0.29, 0.717) is 6.54 Å². The van der Waals surface area contributed by atoms with Gasteiger partial charge in [-0.05, 0) is 50.6 Å². The number of hydrogen-bond donors (Lipinski definition) is 2. The van der Waals surface area contributed by atoms with E-state index in [1.165, 1.54) is 16.0 Å². The van der Waals surface area contributed by atoms with Crippen molar-refractivity contribution in [1.82, 2.24) is 4.90 Å². The maximum absolute atomic E-state index is 12.4. The molecule has 4 nitrogen and oxygen atoms in total. The monoisotopic (exact) mass is 372 g/mol. The summed E-state index contributed by atoms with van der Waals surface area (Å²) in [6.45, 7) is 7.92. The Morgan fingerprint density at radius 2 is 1.88 bits per heavy atom. The first-order valence-electron chi connectivity index (χ1n) is 9.00. The quantitative estimate of drug-likeness (QED) is 0.696. The van der Waals surface area contributed by atoms with Crippen molar-refractivity contribution >= 4 is 23.4 Å². The number of para-hydroxylation sites is 1. The molecule has 140 valence electrons. The molecule has 0 heterocycles. The van der Waals surface area contributed by atoms with Crippen LogP contribution in [0.25, 0.3) is 0 Å². The van der Waals surface area contributed by atoms with Crippen LogP contribution in [-0.4, -0.2) is 42.2 Å². The van der Waals surface area contributed by atoms with E-state index in [1.54, 1.807) is 11.8 Å². The third-order valence-electron chi connectivity index (χ3n) is 4.03. The van der Waals surface area contributed by atoms with E-state index >= 15 is 0 Å². The van der Waals surface area contributed by atoms with Crippen LogP contribution in [0.5, 0.6) is 0 Å². The van der Waals surface area contributed by atoms with Crippen LogP contribution in [0.2, 0.25) is 0 Å². The summed E-state index contributed by atoms with van der Waals surface area (Å²) < 4.78 is 0. The number of nitrogens with zero attached hydrogens (tertiary/aromatic N) is 1. The third kappa shape index (κ3) is 6.16. The fraction of sp³-hybridized carbons (Fsp3) is 0.381. The Kier molecular flexibility index (Phi) is 8.16. The molecule has 0 aromatic heterocycles. The predicted octanol–water partition coefficient (Wildman–Crippen LogP) is 4.10. The van der Waals surface area contributed by atoms with Gasteiger partial charge in [0.25, 0.3) is 0 Å². The number of amides is 1. The first kappa shape index (κ1) is 20.5. The summed E-state index contributed by atoms with van der Waals surface area (Å²) in [5, 5.41) is 12.2. The minimum atomic E-state index is -0.0550. The van der Waals surface area contributed by atoms with Gasteiger partial charge in [-0.25, -0.2) is 0 Å². The second kappa shape index (κ2) is 10.4. The number of aliphatic hydroxyl groups is 1. The molecule has 2 rings (SSSR count). The van der Waals surface area contributed by atoms with E-state index in [2.05, 4.69) is 44.3 Å². The Balaban J connectivity index is 2.09. The van der Waals surface area contributed by atoms with E-state index in [-0.39, 0.29) is 19.1 Å². The van der Waals surface area contributed by atoms with Gasteiger partial charge < -0.3 is 10.4 Å². The standard InChI is InChI=1S/C21H28N2O2S/c1-4-11-23(12-13-24)15-21(25)22-18-7-5-6-8-20(18)26-19-10-9-16(2)14-17(19)3/h5-10,14,24H,4,11-13,15H2,1-3H3,(H,22,25). The van der Waals surface area contributed by atoms with Crippen LogP contribution >= 0.6 is 11.8 Å². The number of carbonyl (C=O) groups excluding carboxylic acids is 1. The van der Waals surface area contributed by atoms with Crippen molar-refractivity contribution in [2.24, 2.45) is 0 Å². The average Bonchev–Trinajstić information content (AvgIpc) is 2.59. The molecule has 0 unspecified atom stereocenters. The smallest absolute Gasteiger partial charge is 0.238 e. The van der Waals surface area contributed by atoms with Crippen molar-refractivity contribution in [3.63, 3.8) is 0 Å². The Morgan fingerprint density at radius 1 is 1.12 bits per heavy atom. The molecule has 2 aromatic carbocycles. The van der Waals surface area contributed by atoms with Crippen molar-refractivity contribution in [1.29, 1.82) is 0 Å². The summed E-state index contributed by atoms with van der Waals surface area (Å²) in [5.74, 6) is -0.0550. The summed E-state index contributed by atoms with van der Waals surface area (Å²) in [6, 6.07) is 14.3. The third-order valence-corrected chi connectivity index (χ3v) is 5.29. The van der Waals surface area contributed by atoms with Gasteiger partial charge in [-0.15, -0.1) is 0 Å². The number of anilines is 1. The number of carbonyl (C=O) groups is 1. The van der Waals surface area contributed by atoms with Crippen molar-refractivity contribution in [2.75, 3.05) is 31.6 Å². The molecule has 5 heteroatoms. The summed E-state index contributed by atoms with van der Waals surface area (Å²) in [7, 11) is 0. The fourth-order valence-electron chi connectivity index (χ4n) is 2.81. The van der Waals surface area contributed by atoms with Crippen LogP contribution in [0.1, 0.15) is 24.5 Å². The van der Waals surface area contributed by atoms with E-state index in [0.717, 1.165) is 23.5 Å². The van der Waals surface area contributed by atoms with Crippen molar-refractivity contribution in [3.05, 3.63) is 53.6 Å². The highest BCUT2D eigenvalue weighted by atomic mass is 32.2. The maximum atomic E-state index is 12.4. The second-order valence-corrected chi connectivity index (χ2v) is 7.50. The molecule has 0 saturated carbocycles. The van der Waals surface area contributed by atoms with Crippen LogP contribution in [0.15, 0.2) is 52.3 Å². The molecule has 0 fully saturated rings. The molecule has 2 N–H and O–H groups in total. The van der Waals surface area contributed by atoms with Crippen LogP contribution in [-0.2, 0) is 4.79 Å². The van der Waals surface area contributed by atoms with Crippen LogP contribution < -0.4 is 5.32 Å². The molecule has 1 amide bonds. The Morgan fingerprint density at radius 3 is 2.58 bits per heavy atom. The average molecular weight is 373 g/mol. The lowest BCUT2D eigenvalue weighted by molar-refractivity contribution is -0.117. The van der Waals surface area contributed by atoms with Gasteiger partial charge in [0.15, 0.2) is 0 Å². The van der Waals surface area contributed by atoms with Gasteiger partial charge in [-0.3, -0.25) is 9.69 Å². The normalized spacial score (nSPS) is 11.0. The first-order valence-corrected chi connectivity index (χ1v) is 9.82. The van der Waals surface area contributed by atoms with Crippen molar-refractivity contribution in [2.45, 2.75) is 37.0 Å². The number of rotatable bonds is 9. The molecular weight excluding hydrogens is 344 g/mol. The zero-order chi connectivity index (χ0) is 18.9. The van der Waals surface area contributed by atoms with Gasteiger partial charge in [-0.2, -0.15) is 0 Å². The highest BCUT2D eigenvalue weighted by molar-refractivity contribution is 7.99. The van der Waals surface area contributed by atoms with Crippen LogP contribution in [0.4, 0.5) is 5.69 Å². The largest absolute Gasteiger partial charge is 0.395 e.